The summed E-state index contributed by atoms with van der Waals surface area (Å²) in [4.78, 5) is 20.8. The molecule has 3 rings (SSSR count). The molecule has 1 aromatic carbocycles. The SMILES string of the molecule is C[C@H]1N=C(N)C(C)(C)S(=O)(=O)[C@@H](C)CC(C)(C)Oc2ccc(NC(=O)c3ncc(C(F)(F)F)cc3Cl)cc21. The highest BCUT2D eigenvalue weighted by Gasteiger charge is 2.44. The Kier molecular flexibility index (Phi) is 7.84. The molecule has 0 aliphatic carbocycles. The molecule has 1 aliphatic rings. The van der Waals surface area contributed by atoms with E-state index >= 15 is 0 Å². The minimum absolute atomic E-state index is 0.0716. The standard InChI is InChI=1S/C25H30ClF3N4O4S/c1-13-11-23(3,4)37-19-8-7-16(10-17(19)14(2)32-22(30)24(5,6)38(13,35)36)33-21(34)20-18(26)9-15(12-31-20)25(27,28)29/h7-10,12-14H,11H2,1-6H3,(H2,30,32)(H,33,34)/t13-,14+/m0/s1. The van der Waals surface area contributed by atoms with Crippen LogP contribution in [0.2, 0.25) is 5.02 Å². The summed E-state index contributed by atoms with van der Waals surface area (Å²) >= 11 is 5.91. The summed E-state index contributed by atoms with van der Waals surface area (Å²) in [5, 5.41) is 1.34. The van der Waals surface area contributed by atoms with Gasteiger partial charge in [0.05, 0.1) is 21.9 Å². The molecular weight excluding hydrogens is 545 g/mol. The number of amidine groups is 1. The highest BCUT2D eigenvalue weighted by atomic mass is 35.5. The Hall–Kier alpha value is -2.86. The number of benzene rings is 1. The molecule has 2 heterocycles. The molecule has 208 valence electrons. The number of halogens is 4. The van der Waals surface area contributed by atoms with E-state index in [1.807, 2.05) is 0 Å². The largest absolute Gasteiger partial charge is 0.487 e. The number of nitrogens with zero attached hydrogens (tertiary/aromatic N) is 2. The number of rotatable bonds is 2. The van der Waals surface area contributed by atoms with Gasteiger partial charge in [0.2, 0.25) is 0 Å². The lowest BCUT2D eigenvalue weighted by Gasteiger charge is -2.33. The van der Waals surface area contributed by atoms with Crippen molar-refractivity contribution in [2.45, 2.75) is 75.8 Å². The highest BCUT2D eigenvalue weighted by Crippen LogP contribution is 2.38. The van der Waals surface area contributed by atoms with Gasteiger partial charge in [-0.3, -0.25) is 9.79 Å². The Labute approximate surface area is 224 Å². The van der Waals surface area contributed by atoms with Crippen LogP contribution >= 0.6 is 11.6 Å². The second-order valence-corrected chi connectivity index (χ2v) is 13.7. The van der Waals surface area contributed by atoms with E-state index in [4.69, 9.17) is 22.1 Å². The number of hydrogen-bond donors (Lipinski definition) is 2. The molecule has 1 aromatic heterocycles. The Morgan fingerprint density at radius 3 is 2.39 bits per heavy atom. The van der Waals surface area contributed by atoms with Crippen LogP contribution in [-0.4, -0.2) is 40.7 Å². The van der Waals surface area contributed by atoms with Crippen molar-refractivity contribution in [2.24, 2.45) is 10.7 Å². The van der Waals surface area contributed by atoms with Gasteiger partial charge < -0.3 is 15.8 Å². The van der Waals surface area contributed by atoms with Crippen molar-refractivity contribution in [3.63, 3.8) is 0 Å². The third kappa shape index (κ3) is 5.90. The number of pyridine rings is 1. The van der Waals surface area contributed by atoms with Crippen LogP contribution in [0.4, 0.5) is 18.9 Å². The van der Waals surface area contributed by atoms with Gasteiger partial charge in [-0.2, -0.15) is 13.2 Å². The predicted octanol–water partition coefficient (Wildman–Crippen LogP) is 5.57. The average Bonchev–Trinajstić information content (AvgIpc) is 2.78. The topological polar surface area (TPSA) is 124 Å². The Bertz CT molecular complexity index is 1390. The van der Waals surface area contributed by atoms with Crippen molar-refractivity contribution >= 4 is 38.9 Å². The number of anilines is 1. The van der Waals surface area contributed by atoms with Crippen molar-refractivity contribution in [2.75, 3.05) is 5.32 Å². The molecule has 0 bridgehead atoms. The number of fused-ring (bicyclic) bond motifs is 1. The van der Waals surface area contributed by atoms with E-state index in [9.17, 15) is 26.4 Å². The number of nitrogens with one attached hydrogen (secondary N) is 1. The summed E-state index contributed by atoms with van der Waals surface area (Å²) in [5.41, 5.74) is 4.64. The zero-order chi connectivity index (χ0) is 28.8. The minimum atomic E-state index is -4.66. The molecule has 0 radical (unpaired) electrons. The molecule has 8 nitrogen and oxygen atoms in total. The lowest BCUT2D eigenvalue weighted by Crippen LogP contribution is -2.50. The fraction of sp³-hybridized carbons (Fsp3) is 0.480. The average molecular weight is 575 g/mol. The summed E-state index contributed by atoms with van der Waals surface area (Å²) in [6.07, 6.45) is -3.95. The molecule has 0 saturated heterocycles. The van der Waals surface area contributed by atoms with Crippen LogP contribution in [0.1, 0.15) is 75.6 Å². The maximum Gasteiger partial charge on any atom is 0.417 e. The van der Waals surface area contributed by atoms with Crippen LogP contribution in [0.25, 0.3) is 0 Å². The van der Waals surface area contributed by atoms with E-state index in [0.29, 0.717) is 23.6 Å². The maximum atomic E-state index is 13.3. The number of carbonyl (C=O) groups excluding carboxylic acids is 1. The number of carbonyl (C=O) groups is 1. The van der Waals surface area contributed by atoms with E-state index in [-0.39, 0.29) is 23.6 Å². The van der Waals surface area contributed by atoms with Crippen molar-refractivity contribution in [1.29, 1.82) is 0 Å². The minimum Gasteiger partial charge on any atom is -0.487 e. The fourth-order valence-corrected chi connectivity index (χ4v) is 6.44. The van der Waals surface area contributed by atoms with Crippen molar-refractivity contribution in [3.05, 3.63) is 52.3 Å². The van der Waals surface area contributed by atoms with Gasteiger partial charge in [-0.1, -0.05) is 11.6 Å². The van der Waals surface area contributed by atoms with Crippen LogP contribution in [0.3, 0.4) is 0 Å². The summed E-state index contributed by atoms with van der Waals surface area (Å²) < 4.78 is 70.2. The van der Waals surface area contributed by atoms with Gasteiger partial charge in [0.15, 0.2) is 9.84 Å². The molecule has 1 aliphatic heterocycles. The molecule has 38 heavy (non-hydrogen) atoms. The van der Waals surface area contributed by atoms with Gasteiger partial charge in [0.1, 0.15) is 27.6 Å². The molecule has 0 unspecified atom stereocenters. The van der Waals surface area contributed by atoms with Gasteiger partial charge in [-0.05, 0) is 65.8 Å². The van der Waals surface area contributed by atoms with Crippen LogP contribution in [-0.2, 0) is 16.0 Å². The van der Waals surface area contributed by atoms with Crippen LogP contribution < -0.4 is 15.8 Å². The summed E-state index contributed by atoms with van der Waals surface area (Å²) in [6, 6.07) is 4.66. The number of hydrogen-bond acceptors (Lipinski definition) is 7. The van der Waals surface area contributed by atoms with E-state index in [0.717, 1.165) is 0 Å². The Morgan fingerprint density at radius 1 is 1.18 bits per heavy atom. The normalized spacial score (nSPS) is 22.7. The van der Waals surface area contributed by atoms with Gasteiger partial charge in [0.25, 0.3) is 5.91 Å². The van der Waals surface area contributed by atoms with E-state index < -0.39 is 54.1 Å². The molecule has 1 amide bonds. The third-order valence-corrected chi connectivity index (χ3v) is 9.60. The van der Waals surface area contributed by atoms with Crippen molar-refractivity contribution < 1.29 is 31.1 Å². The Morgan fingerprint density at radius 2 is 1.82 bits per heavy atom. The van der Waals surface area contributed by atoms with Crippen LogP contribution in [0.5, 0.6) is 5.75 Å². The molecular formula is C25H30ClF3N4O4S. The van der Waals surface area contributed by atoms with E-state index in [1.54, 1.807) is 39.8 Å². The zero-order valence-corrected chi connectivity index (χ0v) is 23.3. The van der Waals surface area contributed by atoms with Gasteiger partial charge in [-0.15, -0.1) is 0 Å². The first-order chi connectivity index (χ1) is 17.3. The second kappa shape index (κ2) is 10.0. The highest BCUT2D eigenvalue weighted by molar-refractivity contribution is 7.94. The van der Waals surface area contributed by atoms with Crippen LogP contribution in [0.15, 0.2) is 35.5 Å². The summed E-state index contributed by atoms with van der Waals surface area (Å²) in [6.45, 7) is 9.87. The first kappa shape index (κ1) is 29.7. The number of amides is 1. The Balaban J connectivity index is 2.03. The first-order valence-electron chi connectivity index (χ1n) is 11.7. The van der Waals surface area contributed by atoms with Crippen LogP contribution in [0, 0.1) is 0 Å². The number of nitrogens with two attached hydrogens (primary N) is 1. The number of ether oxygens (including phenoxy) is 1. The monoisotopic (exact) mass is 574 g/mol. The maximum absolute atomic E-state index is 13.3. The van der Waals surface area contributed by atoms with Gasteiger partial charge in [0, 0.05) is 23.9 Å². The predicted molar refractivity (Wildman–Crippen MR) is 140 cm³/mol. The zero-order valence-electron chi connectivity index (χ0n) is 21.8. The second-order valence-electron chi connectivity index (χ2n) is 10.4. The number of alkyl halides is 3. The van der Waals surface area contributed by atoms with Gasteiger partial charge in [-0.25, -0.2) is 13.4 Å². The summed E-state index contributed by atoms with van der Waals surface area (Å²) in [5.74, 6) is -0.483. The molecule has 0 spiro atoms. The van der Waals surface area contributed by atoms with E-state index in [1.165, 1.54) is 19.9 Å². The number of sulfone groups is 1. The van der Waals surface area contributed by atoms with E-state index in [2.05, 4.69) is 15.3 Å². The third-order valence-electron chi connectivity index (χ3n) is 6.46. The molecule has 3 N–H and O–H groups in total. The number of aromatic nitrogens is 1. The lowest BCUT2D eigenvalue weighted by molar-refractivity contribution is -0.137. The molecule has 0 saturated carbocycles. The first-order valence-corrected chi connectivity index (χ1v) is 13.6. The molecule has 0 fully saturated rings. The van der Waals surface area contributed by atoms with Crippen molar-refractivity contribution in [1.82, 2.24) is 4.98 Å². The summed E-state index contributed by atoms with van der Waals surface area (Å²) in [7, 11) is -3.74. The quantitative estimate of drug-likeness (QED) is 0.483. The lowest BCUT2D eigenvalue weighted by atomic mass is 10.0. The number of aliphatic imine (C=N–C) groups is 1. The molecule has 13 heteroatoms. The van der Waals surface area contributed by atoms with Crippen molar-refractivity contribution in [3.8, 4) is 5.75 Å². The van der Waals surface area contributed by atoms with Gasteiger partial charge >= 0.3 is 6.18 Å². The molecule has 2 atom stereocenters. The molecule has 2 aromatic rings. The fourth-order valence-electron chi connectivity index (χ4n) is 4.22. The smallest absolute Gasteiger partial charge is 0.417 e.